The standard InChI is InChI=1S/C12H13Cl2NO/c1-7-12(2,3)16-10-8(11(14)15-7)5-4-6-9(10)13/h4-7H,1-3H3/t7-/m1/s1. The summed E-state index contributed by atoms with van der Waals surface area (Å²) in [6.45, 7) is 5.93. The minimum atomic E-state index is -0.420. The number of para-hydroxylation sites is 1. The van der Waals surface area contributed by atoms with Gasteiger partial charge in [-0.1, -0.05) is 29.3 Å². The van der Waals surface area contributed by atoms with Gasteiger partial charge >= 0.3 is 0 Å². The average Bonchev–Trinajstić information content (AvgIpc) is 2.27. The van der Waals surface area contributed by atoms with Gasteiger partial charge in [-0.05, 0) is 32.9 Å². The monoisotopic (exact) mass is 257 g/mol. The molecule has 0 saturated carbocycles. The fraction of sp³-hybridized carbons (Fsp3) is 0.417. The quantitative estimate of drug-likeness (QED) is 0.691. The van der Waals surface area contributed by atoms with Crippen molar-refractivity contribution in [1.82, 2.24) is 0 Å². The van der Waals surface area contributed by atoms with Gasteiger partial charge in [0.15, 0.2) is 0 Å². The van der Waals surface area contributed by atoms with Crippen LogP contribution >= 0.6 is 23.2 Å². The SMILES string of the molecule is C[C@H]1N=C(Cl)c2cccc(Cl)c2OC1(C)C. The number of nitrogens with zero attached hydrogens (tertiary/aromatic N) is 1. The summed E-state index contributed by atoms with van der Waals surface area (Å²) in [6.07, 6.45) is 0. The molecule has 1 heterocycles. The molecule has 0 aliphatic carbocycles. The first-order valence-corrected chi connectivity index (χ1v) is 5.88. The van der Waals surface area contributed by atoms with Crippen molar-refractivity contribution in [2.24, 2.45) is 4.99 Å². The Labute approximate surface area is 105 Å². The molecule has 0 radical (unpaired) electrons. The van der Waals surface area contributed by atoms with E-state index < -0.39 is 5.60 Å². The van der Waals surface area contributed by atoms with E-state index in [0.29, 0.717) is 15.9 Å². The van der Waals surface area contributed by atoms with E-state index >= 15 is 0 Å². The summed E-state index contributed by atoms with van der Waals surface area (Å²) in [6, 6.07) is 5.46. The van der Waals surface area contributed by atoms with Crippen LogP contribution < -0.4 is 4.74 Å². The topological polar surface area (TPSA) is 21.6 Å². The lowest BCUT2D eigenvalue weighted by Gasteiger charge is -2.29. The van der Waals surface area contributed by atoms with E-state index in [1.807, 2.05) is 32.9 Å². The Hall–Kier alpha value is -0.730. The zero-order chi connectivity index (χ0) is 11.9. The van der Waals surface area contributed by atoms with E-state index in [-0.39, 0.29) is 6.04 Å². The third kappa shape index (κ3) is 1.92. The van der Waals surface area contributed by atoms with Crippen LogP contribution in [0.3, 0.4) is 0 Å². The molecule has 16 heavy (non-hydrogen) atoms. The highest BCUT2D eigenvalue weighted by Gasteiger charge is 2.33. The molecule has 0 saturated heterocycles. The lowest BCUT2D eigenvalue weighted by atomic mass is 10.0. The molecule has 0 fully saturated rings. The molecule has 0 aromatic heterocycles. The van der Waals surface area contributed by atoms with Gasteiger partial charge in [0, 0.05) is 0 Å². The lowest BCUT2D eigenvalue weighted by molar-refractivity contribution is 0.0892. The molecule has 1 aliphatic rings. The minimum Gasteiger partial charge on any atom is -0.483 e. The molecule has 0 amide bonds. The summed E-state index contributed by atoms with van der Waals surface area (Å²) in [5.41, 5.74) is 0.336. The van der Waals surface area contributed by atoms with Crippen molar-refractivity contribution in [2.75, 3.05) is 0 Å². The molecular weight excluding hydrogens is 245 g/mol. The Balaban J connectivity index is 2.62. The second-order valence-corrected chi connectivity index (χ2v) is 5.18. The van der Waals surface area contributed by atoms with Gasteiger partial charge in [-0.3, -0.25) is 4.99 Å². The normalized spacial score (nSPS) is 22.8. The molecule has 0 unspecified atom stereocenters. The number of rotatable bonds is 0. The summed E-state index contributed by atoms with van der Waals surface area (Å²) in [5, 5.41) is 1.02. The third-order valence-electron chi connectivity index (χ3n) is 2.87. The number of benzene rings is 1. The van der Waals surface area contributed by atoms with E-state index in [1.165, 1.54) is 0 Å². The highest BCUT2D eigenvalue weighted by atomic mass is 35.5. The largest absolute Gasteiger partial charge is 0.483 e. The highest BCUT2D eigenvalue weighted by Crippen LogP contribution is 2.36. The van der Waals surface area contributed by atoms with E-state index in [0.717, 1.165) is 5.56 Å². The Morgan fingerprint density at radius 1 is 1.31 bits per heavy atom. The van der Waals surface area contributed by atoms with Gasteiger partial charge in [0.2, 0.25) is 0 Å². The number of hydrogen-bond donors (Lipinski definition) is 0. The number of fused-ring (bicyclic) bond motifs is 1. The second kappa shape index (κ2) is 3.94. The molecule has 4 heteroatoms. The maximum absolute atomic E-state index is 6.16. The Morgan fingerprint density at radius 2 is 2.00 bits per heavy atom. The van der Waals surface area contributed by atoms with Crippen LogP contribution in [0.5, 0.6) is 5.75 Å². The summed E-state index contributed by atoms with van der Waals surface area (Å²) < 4.78 is 5.93. The van der Waals surface area contributed by atoms with Crippen LogP contribution in [0.1, 0.15) is 26.3 Å². The van der Waals surface area contributed by atoms with Gasteiger partial charge < -0.3 is 4.74 Å². The van der Waals surface area contributed by atoms with E-state index in [2.05, 4.69) is 4.99 Å². The molecule has 0 spiro atoms. The van der Waals surface area contributed by atoms with E-state index in [1.54, 1.807) is 6.07 Å². The van der Waals surface area contributed by atoms with Crippen LogP contribution in [0.15, 0.2) is 23.2 Å². The van der Waals surface area contributed by atoms with E-state index in [9.17, 15) is 0 Å². The zero-order valence-corrected chi connectivity index (χ0v) is 10.9. The first kappa shape index (κ1) is 11.7. The van der Waals surface area contributed by atoms with Crippen molar-refractivity contribution in [3.05, 3.63) is 28.8 Å². The fourth-order valence-electron chi connectivity index (χ4n) is 1.52. The van der Waals surface area contributed by atoms with Crippen LogP contribution in [-0.2, 0) is 0 Å². The third-order valence-corrected chi connectivity index (χ3v) is 3.47. The average molecular weight is 258 g/mol. The van der Waals surface area contributed by atoms with Crippen LogP contribution in [0, 0.1) is 0 Å². The number of hydrogen-bond acceptors (Lipinski definition) is 2. The maximum atomic E-state index is 6.16. The first-order chi connectivity index (χ1) is 7.42. The molecule has 1 atom stereocenters. The molecule has 1 aromatic carbocycles. The first-order valence-electron chi connectivity index (χ1n) is 5.13. The smallest absolute Gasteiger partial charge is 0.149 e. The van der Waals surface area contributed by atoms with Gasteiger partial charge in [-0.15, -0.1) is 0 Å². The summed E-state index contributed by atoms with van der Waals surface area (Å²) in [7, 11) is 0. The van der Waals surface area contributed by atoms with Gasteiger partial charge in [-0.25, -0.2) is 0 Å². The molecule has 2 nitrogen and oxygen atoms in total. The summed E-state index contributed by atoms with van der Waals surface area (Å²) >= 11 is 12.3. The van der Waals surface area contributed by atoms with Gasteiger partial charge in [0.1, 0.15) is 16.5 Å². The highest BCUT2D eigenvalue weighted by molar-refractivity contribution is 6.70. The van der Waals surface area contributed by atoms with Crippen molar-refractivity contribution >= 4 is 28.4 Å². The van der Waals surface area contributed by atoms with Crippen molar-refractivity contribution < 1.29 is 4.74 Å². The molecule has 86 valence electrons. The van der Waals surface area contributed by atoms with Gasteiger partial charge in [0.05, 0.1) is 16.6 Å². The Bertz CT molecular complexity index is 454. The molecule has 0 N–H and O–H groups in total. The number of aliphatic imine (C=N–C) groups is 1. The molecular formula is C12H13Cl2NO. The van der Waals surface area contributed by atoms with Crippen molar-refractivity contribution in [2.45, 2.75) is 32.4 Å². The molecule has 1 aliphatic heterocycles. The van der Waals surface area contributed by atoms with E-state index in [4.69, 9.17) is 27.9 Å². The number of halogens is 2. The summed E-state index contributed by atoms with van der Waals surface area (Å²) in [4.78, 5) is 4.41. The van der Waals surface area contributed by atoms with Crippen LogP contribution in [-0.4, -0.2) is 16.8 Å². The molecule has 1 aromatic rings. The lowest BCUT2D eigenvalue weighted by Crippen LogP contribution is -2.38. The van der Waals surface area contributed by atoms with Crippen LogP contribution in [0.4, 0.5) is 0 Å². The fourth-order valence-corrected chi connectivity index (χ4v) is 2.03. The van der Waals surface area contributed by atoms with Crippen LogP contribution in [0.2, 0.25) is 5.02 Å². The predicted octanol–water partition coefficient (Wildman–Crippen LogP) is 3.88. The maximum Gasteiger partial charge on any atom is 0.149 e. The van der Waals surface area contributed by atoms with Crippen molar-refractivity contribution in [1.29, 1.82) is 0 Å². The van der Waals surface area contributed by atoms with Gasteiger partial charge in [0.25, 0.3) is 0 Å². The van der Waals surface area contributed by atoms with Gasteiger partial charge in [-0.2, -0.15) is 0 Å². The second-order valence-electron chi connectivity index (χ2n) is 4.42. The Kier molecular flexibility index (Phi) is 2.89. The Morgan fingerprint density at radius 3 is 2.69 bits per heavy atom. The molecule has 2 rings (SSSR count). The molecule has 0 bridgehead atoms. The summed E-state index contributed by atoms with van der Waals surface area (Å²) in [5.74, 6) is 0.618. The zero-order valence-electron chi connectivity index (χ0n) is 9.42. The van der Waals surface area contributed by atoms with Crippen molar-refractivity contribution in [3.63, 3.8) is 0 Å². The minimum absolute atomic E-state index is 0.0246. The van der Waals surface area contributed by atoms with Crippen LogP contribution in [0.25, 0.3) is 0 Å². The number of ether oxygens (including phenoxy) is 1. The predicted molar refractivity (Wildman–Crippen MR) is 68.0 cm³/mol. The van der Waals surface area contributed by atoms with Crippen molar-refractivity contribution in [3.8, 4) is 5.75 Å².